The molecule has 18 heavy (non-hydrogen) atoms. The minimum absolute atomic E-state index is 0.159. The van der Waals surface area contributed by atoms with Crippen LogP contribution in [-0.4, -0.2) is 16.2 Å². The molecule has 5 heteroatoms. The van der Waals surface area contributed by atoms with Gasteiger partial charge in [0.15, 0.2) is 0 Å². The first-order valence-electron chi connectivity index (χ1n) is 5.06. The normalized spacial score (nSPS) is 10.3. The third-order valence-corrected chi connectivity index (χ3v) is 3.24. The topological polar surface area (TPSA) is 57.5 Å². The summed E-state index contributed by atoms with van der Waals surface area (Å²) >= 11 is 1.29. The van der Waals surface area contributed by atoms with Crippen LogP contribution in [0.25, 0.3) is 0 Å². The van der Waals surface area contributed by atoms with Gasteiger partial charge in [-0.2, -0.15) is 0 Å². The Morgan fingerprint density at radius 1 is 1.06 bits per heavy atom. The molecule has 0 amide bonds. The third kappa shape index (κ3) is 2.81. The number of halogens is 1. The second-order valence-electron chi connectivity index (χ2n) is 3.54. The Labute approximate surface area is 107 Å². The standard InChI is InChI=1S/C13H9FO3S/c14-12-7-10(5-6-11(12)13(16)17)18-9-3-1-8(15)2-4-9/h1-7,15H,(H,16,17). The van der Waals surface area contributed by atoms with E-state index in [1.165, 1.54) is 36.0 Å². The van der Waals surface area contributed by atoms with Crippen LogP contribution in [0.5, 0.6) is 5.75 Å². The first-order chi connectivity index (χ1) is 8.56. The van der Waals surface area contributed by atoms with E-state index in [4.69, 9.17) is 10.2 Å². The fourth-order valence-electron chi connectivity index (χ4n) is 1.38. The highest BCUT2D eigenvalue weighted by molar-refractivity contribution is 7.99. The first-order valence-corrected chi connectivity index (χ1v) is 5.87. The highest BCUT2D eigenvalue weighted by atomic mass is 32.2. The molecule has 2 rings (SSSR count). The Bertz CT molecular complexity index is 581. The molecule has 2 aromatic rings. The predicted molar refractivity (Wildman–Crippen MR) is 65.6 cm³/mol. The van der Waals surface area contributed by atoms with E-state index in [2.05, 4.69) is 0 Å². The zero-order valence-corrected chi connectivity index (χ0v) is 9.95. The Morgan fingerprint density at radius 3 is 2.22 bits per heavy atom. The second kappa shape index (κ2) is 5.10. The number of aromatic carboxylic acids is 1. The average molecular weight is 264 g/mol. The third-order valence-electron chi connectivity index (χ3n) is 2.24. The highest BCUT2D eigenvalue weighted by Gasteiger charge is 2.10. The smallest absolute Gasteiger partial charge is 0.338 e. The van der Waals surface area contributed by atoms with E-state index >= 15 is 0 Å². The molecule has 0 aliphatic heterocycles. The number of phenols is 1. The maximum atomic E-state index is 13.4. The number of carboxylic acids is 1. The van der Waals surface area contributed by atoms with Crippen LogP contribution >= 0.6 is 11.8 Å². The van der Waals surface area contributed by atoms with E-state index in [0.29, 0.717) is 4.90 Å². The summed E-state index contributed by atoms with van der Waals surface area (Å²) in [7, 11) is 0. The quantitative estimate of drug-likeness (QED) is 0.892. The largest absolute Gasteiger partial charge is 0.508 e. The van der Waals surface area contributed by atoms with Gasteiger partial charge in [0.05, 0.1) is 5.56 Å². The number of carboxylic acid groups (broad SMARTS) is 1. The minimum Gasteiger partial charge on any atom is -0.508 e. The molecule has 0 spiro atoms. The molecule has 0 aliphatic rings. The van der Waals surface area contributed by atoms with Gasteiger partial charge in [0.25, 0.3) is 0 Å². The van der Waals surface area contributed by atoms with Crippen LogP contribution in [0.2, 0.25) is 0 Å². The number of carbonyl (C=O) groups is 1. The zero-order valence-electron chi connectivity index (χ0n) is 9.13. The lowest BCUT2D eigenvalue weighted by Crippen LogP contribution is -1.99. The molecule has 0 heterocycles. The number of benzene rings is 2. The van der Waals surface area contributed by atoms with E-state index < -0.39 is 11.8 Å². The van der Waals surface area contributed by atoms with Crippen molar-refractivity contribution in [1.82, 2.24) is 0 Å². The highest BCUT2D eigenvalue weighted by Crippen LogP contribution is 2.29. The molecule has 0 atom stereocenters. The molecule has 0 saturated carbocycles. The molecule has 0 saturated heterocycles. The lowest BCUT2D eigenvalue weighted by molar-refractivity contribution is 0.0692. The van der Waals surface area contributed by atoms with Crippen molar-refractivity contribution in [3.63, 3.8) is 0 Å². The molecule has 0 aliphatic carbocycles. The van der Waals surface area contributed by atoms with E-state index in [9.17, 15) is 9.18 Å². The van der Waals surface area contributed by atoms with Gasteiger partial charge in [-0.1, -0.05) is 11.8 Å². The van der Waals surface area contributed by atoms with E-state index in [1.54, 1.807) is 18.2 Å². The van der Waals surface area contributed by atoms with Gasteiger partial charge in [-0.05, 0) is 42.5 Å². The SMILES string of the molecule is O=C(O)c1ccc(Sc2ccc(O)cc2)cc1F. The van der Waals surface area contributed by atoms with Gasteiger partial charge >= 0.3 is 5.97 Å². The summed E-state index contributed by atoms with van der Waals surface area (Å²) < 4.78 is 13.4. The predicted octanol–water partition coefficient (Wildman–Crippen LogP) is 3.38. The van der Waals surface area contributed by atoms with Gasteiger partial charge in [0.1, 0.15) is 11.6 Å². The maximum absolute atomic E-state index is 13.4. The fraction of sp³-hybridized carbons (Fsp3) is 0. The van der Waals surface area contributed by atoms with Gasteiger partial charge in [-0.15, -0.1) is 0 Å². The molecule has 3 nitrogen and oxygen atoms in total. The summed E-state index contributed by atoms with van der Waals surface area (Å²) in [4.78, 5) is 12.1. The molecule has 0 bridgehead atoms. The fourth-order valence-corrected chi connectivity index (χ4v) is 2.23. The Hall–Kier alpha value is -2.01. The lowest BCUT2D eigenvalue weighted by Gasteiger charge is -2.03. The van der Waals surface area contributed by atoms with Gasteiger partial charge < -0.3 is 10.2 Å². The number of rotatable bonds is 3. The summed E-state index contributed by atoms with van der Waals surface area (Å²) in [6.45, 7) is 0. The number of hydrogen-bond acceptors (Lipinski definition) is 3. The van der Waals surface area contributed by atoms with E-state index in [0.717, 1.165) is 4.90 Å². The summed E-state index contributed by atoms with van der Waals surface area (Å²) in [5.74, 6) is -1.88. The summed E-state index contributed by atoms with van der Waals surface area (Å²) in [6.07, 6.45) is 0. The zero-order chi connectivity index (χ0) is 13.1. The number of phenolic OH excluding ortho intramolecular Hbond substituents is 1. The molecule has 0 radical (unpaired) electrons. The van der Waals surface area contributed by atoms with Gasteiger partial charge in [-0.25, -0.2) is 9.18 Å². The van der Waals surface area contributed by atoms with Crippen LogP contribution in [0.4, 0.5) is 4.39 Å². The molecule has 2 N–H and O–H groups in total. The number of aromatic hydroxyl groups is 1. The van der Waals surface area contributed by atoms with Crippen molar-refractivity contribution in [3.8, 4) is 5.75 Å². The maximum Gasteiger partial charge on any atom is 0.338 e. The molecule has 92 valence electrons. The summed E-state index contributed by atoms with van der Waals surface area (Å²) in [5, 5.41) is 17.8. The Kier molecular flexibility index (Phi) is 3.53. The van der Waals surface area contributed by atoms with E-state index in [-0.39, 0.29) is 11.3 Å². The minimum atomic E-state index is -1.28. The molecule has 2 aromatic carbocycles. The lowest BCUT2D eigenvalue weighted by atomic mass is 10.2. The summed E-state index contributed by atoms with van der Waals surface area (Å²) in [6, 6.07) is 10.4. The molecule has 0 aromatic heterocycles. The van der Waals surface area contributed by atoms with Crippen LogP contribution < -0.4 is 0 Å². The Balaban J connectivity index is 2.22. The van der Waals surface area contributed by atoms with Crippen LogP contribution in [0.3, 0.4) is 0 Å². The van der Waals surface area contributed by atoms with Crippen LogP contribution in [0.1, 0.15) is 10.4 Å². The van der Waals surface area contributed by atoms with Crippen LogP contribution in [-0.2, 0) is 0 Å². The molecule has 0 fully saturated rings. The van der Waals surface area contributed by atoms with Crippen molar-refractivity contribution in [2.24, 2.45) is 0 Å². The van der Waals surface area contributed by atoms with Crippen LogP contribution in [0, 0.1) is 5.82 Å². The van der Waals surface area contributed by atoms with Crippen molar-refractivity contribution >= 4 is 17.7 Å². The Morgan fingerprint density at radius 2 is 1.67 bits per heavy atom. The first kappa shape index (κ1) is 12.4. The summed E-state index contributed by atoms with van der Waals surface area (Å²) in [5.41, 5.74) is -0.343. The van der Waals surface area contributed by atoms with Crippen LogP contribution in [0.15, 0.2) is 52.3 Å². The van der Waals surface area contributed by atoms with Gasteiger partial charge in [0, 0.05) is 9.79 Å². The molecular weight excluding hydrogens is 255 g/mol. The average Bonchev–Trinajstić information content (AvgIpc) is 2.32. The molecular formula is C13H9FO3S. The molecule has 0 unspecified atom stereocenters. The van der Waals surface area contributed by atoms with Crippen molar-refractivity contribution in [1.29, 1.82) is 0 Å². The van der Waals surface area contributed by atoms with Crippen molar-refractivity contribution in [2.75, 3.05) is 0 Å². The number of hydrogen-bond donors (Lipinski definition) is 2. The monoisotopic (exact) mass is 264 g/mol. The van der Waals surface area contributed by atoms with Gasteiger partial charge in [-0.3, -0.25) is 0 Å². The van der Waals surface area contributed by atoms with Crippen molar-refractivity contribution in [2.45, 2.75) is 9.79 Å². The van der Waals surface area contributed by atoms with Crippen molar-refractivity contribution in [3.05, 3.63) is 53.8 Å². The van der Waals surface area contributed by atoms with Gasteiger partial charge in [0.2, 0.25) is 0 Å². The second-order valence-corrected chi connectivity index (χ2v) is 4.69. The van der Waals surface area contributed by atoms with Crippen molar-refractivity contribution < 1.29 is 19.4 Å². The van der Waals surface area contributed by atoms with E-state index in [1.807, 2.05) is 0 Å².